The highest BCUT2D eigenvalue weighted by Crippen LogP contribution is 2.56. The van der Waals surface area contributed by atoms with Gasteiger partial charge in [-0.05, 0) is 125 Å². The van der Waals surface area contributed by atoms with Crippen molar-refractivity contribution in [3.8, 4) is 44.5 Å². The number of hydrogen-bond acceptors (Lipinski definition) is 1. The second-order valence-electron chi connectivity index (χ2n) is 14.5. The molecule has 0 N–H and O–H groups in total. The molecule has 0 aliphatic carbocycles. The summed E-state index contributed by atoms with van der Waals surface area (Å²) in [7, 11) is -3.44. The van der Waals surface area contributed by atoms with E-state index in [9.17, 15) is 0 Å². The lowest BCUT2D eigenvalue weighted by Gasteiger charge is -2.40. The Hall–Kier alpha value is -5.01. The number of fused-ring (bicyclic) bond motifs is 1. The van der Waals surface area contributed by atoms with Crippen LogP contribution >= 0.6 is 7.29 Å². The first kappa shape index (κ1) is 36.4. The number of rotatable bonds is 11. The Morgan fingerprint density at radius 1 is 0.472 bits per heavy atom. The normalized spacial score (nSPS) is 12.8. The van der Waals surface area contributed by atoms with E-state index in [1.165, 1.54) is 33.2 Å². The standard InChI is InChI=1S/C50H50NOP/c1-7-37-21-20-28-42(33-37)53(52,51(35(3)4)36(5)6)46-34-38(8-2)31-32-45(46)50-44-30-19-18-29-43(44)47(39-22-12-9-13-23-39)48(40-24-14-10-15-25-40)49(50)41-26-16-11-17-27-41/h9-36H,7-8H2,1-6H3. The van der Waals surface area contributed by atoms with Crippen LogP contribution in [-0.4, -0.2) is 16.8 Å². The van der Waals surface area contributed by atoms with Gasteiger partial charge in [-0.1, -0.05) is 153 Å². The molecule has 2 nitrogen and oxygen atoms in total. The molecule has 0 aromatic heterocycles. The molecular weight excluding hydrogens is 662 g/mol. The van der Waals surface area contributed by atoms with Gasteiger partial charge in [-0.15, -0.1) is 0 Å². The van der Waals surface area contributed by atoms with Crippen molar-refractivity contribution in [1.29, 1.82) is 0 Å². The molecule has 7 aromatic carbocycles. The van der Waals surface area contributed by atoms with Crippen LogP contribution in [0.5, 0.6) is 0 Å². The molecule has 0 aliphatic heterocycles. The molecule has 3 heteroatoms. The van der Waals surface area contributed by atoms with Crippen LogP contribution in [0.2, 0.25) is 0 Å². The molecule has 0 bridgehead atoms. The second kappa shape index (κ2) is 15.5. The van der Waals surface area contributed by atoms with E-state index >= 15 is 4.57 Å². The summed E-state index contributed by atoms with van der Waals surface area (Å²) in [5.41, 5.74) is 11.5. The van der Waals surface area contributed by atoms with Crippen molar-refractivity contribution in [2.24, 2.45) is 0 Å². The third kappa shape index (κ3) is 6.72. The van der Waals surface area contributed by atoms with E-state index in [1.54, 1.807) is 0 Å². The van der Waals surface area contributed by atoms with Crippen LogP contribution in [0.3, 0.4) is 0 Å². The fourth-order valence-electron chi connectivity index (χ4n) is 8.28. The van der Waals surface area contributed by atoms with Crippen molar-refractivity contribution in [2.75, 3.05) is 0 Å². The lowest BCUT2D eigenvalue weighted by Crippen LogP contribution is -2.41. The summed E-state index contributed by atoms with van der Waals surface area (Å²) in [6.07, 6.45) is 1.73. The predicted molar refractivity (Wildman–Crippen MR) is 230 cm³/mol. The summed E-state index contributed by atoms with van der Waals surface area (Å²) >= 11 is 0. The van der Waals surface area contributed by atoms with E-state index in [2.05, 4.69) is 204 Å². The van der Waals surface area contributed by atoms with E-state index in [0.717, 1.165) is 56.7 Å². The van der Waals surface area contributed by atoms with Gasteiger partial charge in [0.05, 0.1) is 0 Å². The van der Waals surface area contributed by atoms with Crippen LogP contribution in [0.25, 0.3) is 55.3 Å². The minimum atomic E-state index is -3.44. The summed E-state index contributed by atoms with van der Waals surface area (Å²) < 4.78 is 19.2. The highest BCUT2D eigenvalue weighted by molar-refractivity contribution is 7.76. The maximum absolute atomic E-state index is 16.9. The van der Waals surface area contributed by atoms with Crippen molar-refractivity contribution >= 4 is 28.7 Å². The fraction of sp³-hybridized carbons (Fsp3) is 0.200. The van der Waals surface area contributed by atoms with E-state index in [-0.39, 0.29) is 12.1 Å². The van der Waals surface area contributed by atoms with Gasteiger partial charge in [0.25, 0.3) is 0 Å². The molecule has 7 aromatic rings. The first-order valence-electron chi connectivity index (χ1n) is 19.1. The molecule has 7 rings (SSSR count). The van der Waals surface area contributed by atoms with Crippen LogP contribution in [-0.2, 0) is 17.4 Å². The minimum Gasteiger partial charge on any atom is -0.296 e. The summed E-state index contributed by atoms with van der Waals surface area (Å²) in [5, 5.41) is 4.11. The maximum Gasteiger partial charge on any atom is 0.208 e. The topological polar surface area (TPSA) is 20.3 Å². The maximum atomic E-state index is 16.9. The van der Waals surface area contributed by atoms with Gasteiger partial charge >= 0.3 is 0 Å². The van der Waals surface area contributed by atoms with Gasteiger partial charge in [0, 0.05) is 22.7 Å². The summed E-state index contributed by atoms with van der Waals surface area (Å²) in [4.78, 5) is 0. The molecule has 0 saturated heterocycles. The molecule has 0 spiro atoms. The molecule has 0 amide bonds. The van der Waals surface area contributed by atoms with Crippen LogP contribution < -0.4 is 10.6 Å². The average Bonchev–Trinajstić information content (AvgIpc) is 3.20. The summed E-state index contributed by atoms with van der Waals surface area (Å²) in [6.45, 7) is 13.1. The number of benzene rings is 7. The molecule has 1 atom stereocenters. The Morgan fingerprint density at radius 2 is 0.925 bits per heavy atom. The third-order valence-corrected chi connectivity index (χ3v) is 14.1. The fourth-order valence-corrected chi connectivity index (χ4v) is 11.9. The van der Waals surface area contributed by atoms with Crippen LogP contribution in [0, 0.1) is 0 Å². The summed E-state index contributed by atoms with van der Waals surface area (Å²) in [6, 6.07) is 56.7. The molecular formula is C50H50NOP. The van der Waals surface area contributed by atoms with Gasteiger partial charge < -0.3 is 0 Å². The third-order valence-electron chi connectivity index (χ3n) is 10.5. The van der Waals surface area contributed by atoms with Gasteiger partial charge in [0.1, 0.15) is 0 Å². The molecule has 1 unspecified atom stereocenters. The molecule has 0 saturated carbocycles. The predicted octanol–water partition coefficient (Wildman–Crippen LogP) is 13.0. The van der Waals surface area contributed by atoms with Crippen LogP contribution in [0.4, 0.5) is 0 Å². The first-order chi connectivity index (χ1) is 25.8. The number of nitrogens with zero attached hydrogens (tertiary/aromatic N) is 1. The van der Waals surface area contributed by atoms with Gasteiger partial charge in [0.15, 0.2) is 0 Å². The highest BCUT2D eigenvalue weighted by Gasteiger charge is 2.41. The van der Waals surface area contributed by atoms with Crippen LogP contribution in [0.15, 0.2) is 158 Å². The van der Waals surface area contributed by atoms with Gasteiger partial charge in [-0.25, -0.2) is 4.67 Å². The average molecular weight is 712 g/mol. The Bertz CT molecular complexity index is 2390. The number of aryl methyl sites for hydroxylation is 2. The lowest BCUT2D eigenvalue weighted by molar-refractivity contribution is 0.307. The zero-order valence-corrected chi connectivity index (χ0v) is 32.8. The lowest BCUT2D eigenvalue weighted by atomic mass is 9.79. The van der Waals surface area contributed by atoms with Crippen molar-refractivity contribution in [1.82, 2.24) is 4.67 Å². The minimum absolute atomic E-state index is 0.0370. The molecule has 53 heavy (non-hydrogen) atoms. The van der Waals surface area contributed by atoms with Gasteiger partial charge in [-0.2, -0.15) is 0 Å². The quantitative estimate of drug-likeness (QED) is 0.125. The van der Waals surface area contributed by atoms with E-state index in [4.69, 9.17) is 0 Å². The van der Waals surface area contributed by atoms with E-state index in [0.29, 0.717) is 0 Å². The van der Waals surface area contributed by atoms with E-state index in [1.807, 2.05) is 0 Å². The molecule has 0 heterocycles. The van der Waals surface area contributed by atoms with Crippen molar-refractivity contribution < 1.29 is 4.57 Å². The smallest absolute Gasteiger partial charge is 0.208 e. The Kier molecular flexibility index (Phi) is 10.7. The van der Waals surface area contributed by atoms with Crippen molar-refractivity contribution in [3.05, 3.63) is 169 Å². The molecule has 0 radical (unpaired) electrons. The SMILES string of the molecule is CCc1cccc(P(=O)(c2cc(CC)ccc2-c2c(-c3ccccc3)c(-c3ccccc3)c(-c3ccccc3)c3ccccc23)N(C(C)C)C(C)C)c1. The molecule has 266 valence electrons. The zero-order chi connectivity index (χ0) is 37.1. The van der Waals surface area contributed by atoms with Gasteiger partial charge in [0.2, 0.25) is 7.29 Å². The Balaban J connectivity index is 1.74. The monoisotopic (exact) mass is 711 g/mol. The molecule has 0 fully saturated rings. The zero-order valence-electron chi connectivity index (χ0n) is 31.9. The second-order valence-corrected chi connectivity index (χ2v) is 17.1. The first-order valence-corrected chi connectivity index (χ1v) is 20.8. The Morgan fingerprint density at radius 3 is 1.43 bits per heavy atom. The number of hydrogen-bond donors (Lipinski definition) is 0. The van der Waals surface area contributed by atoms with E-state index < -0.39 is 7.29 Å². The molecule has 0 aliphatic rings. The van der Waals surface area contributed by atoms with Crippen molar-refractivity contribution in [2.45, 2.75) is 66.5 Å². The highest BCUT2D eigenvalue weighted by atomic mass is 31.2. The van der Waals surface area contributed by atoms with Crippen LogP contribution in [0.1, 0.15) is 52.7 Å². The summed E-state index contributed by atoms with van der Waals surface area (Å²) in [5.74, 6) is 0. The van der Waals surface area contributed by atoms with Crippen molar-refractivity contribution in [3.63, 3.8) is 0 Å². The largest absolute Gasteiger partial charge is 0.296 e. The van der Waals surface area contributed by atoms with Gasteiger partial charge in [-0.3, -0.25) is 4.57 Å². The Labute approximate surface area is 316 Å².